The topological polar surface area (TPSA) is 45.7 Å². The van der Waals surface area contributed by atoms with E-state index in [1.165, 1.54) is 127 Å². The van der Waals surface area contributed by atoms with Crippen molar-refractivity contribution < 1.29 is 9.30 Å². The van der Waals surface area contributed by atoms with E-state index < -0.39 is 12.6 Å². The average molecular weight is 1910 g/mol. The van der Waals surface area contributed by atoms with Crippen LogP contribution in [-0.4, -0.2) is 42.7 Å². The van der Waals surface area contributed by atoms with Crippen LogP contribution in [0, 0.1) is 0 Å². The molecule has 0 amide bonds. The predicted molar refractivity (Wildman–Crippen MR) is 600 cm³/mol. The van der Waals surface area contributed by atoms with E-state index in [1.54, 1.807) is 0 Å². The van der Waals surface area contributed by atoms with E-state index in [1.807, 2.05) is 136 Å². The Kier molecular flexibility index (Phi) is 30.7. The van der Waals surface area contributed by atoms with Gasteiger partial charge in [0.05, 0.1) is 45.0 Å². The third kappa shape index (κ3) is 18.2. The SMILES string of the molecule is CC.CC.CC.CC.CC.CC(C)(C)N1c2ccccc2C2(c3ccccc3-c3ccccc32)c2ccccc21.CC(C)(C)N1c2ccccc2C2(c3ccccc3Oc3ccccc32)c2ccccc21.CC(C)(C)N1c2ccccc2N(c2ccccc2)c2ccccc21.CC(C)(C)N1c2ccccc2P(=O)(c2ccccc2)c2ccccc21.CC(C)(C)N1c2ccccc2[Se]c2ccccc21. The molecule has 0 unspecified atom stereocenters. The van der Waals surface area contributed by atoms with Crippen molar-refractivity contribution >= 4 is 121 Å². The first-order valence-electron chi connectivity index (χ1n) is 49.8. The van der Waals surface area contributed by atoms with Gasteiger partial charge in [-0.05, 0) is 225 Å². The van der Waals surface area contributed by atoms with Crippen molar-refractivity contribution in [1.29, 1.82) is 0 Å². The molecule has 0 atom stereocenters. The molecule has 6 heterocycles. The van der Waals surface area contributed by atoms with Gasteiger partial charge in [-0.2, -0.15) is 0 Å². The van der Waals surface area contributed by atoms with Crippen LogP contribution in [0.1, 0.15) is 218 Å². The van der Waals surface area contributed by atoms with E-state index in [0.717, 1.165) is 38.8 Å². The first-order valence-corrected chi connectivity index (χ1v) is 53.3. The monoisotopic (exact) mass is 1910 g/mol. The van der Waals surface area contributed by atoms with Gasteiger partial charge in [-0.1, -0.05) is 324 Å². The summed E-state index contributed by atoms with van der Waals surface area (Å²) in [4.78, 5) is 14.6. The van der Waals surface area contributed by atoms with Gasteiger partial charge in [-0.3, -0.25) is 0 Å². The minimum atomic E-state index is -2.89. The average Bonchev–Trinajstić information content (AvgIpc) is 1.27. The molecule has 0 radical (unpaired) electrons. The van der Waals surface area contributed by atoms with Crippen LogP contribution >= 0.6 is 7.14 Å². The molecule has 6 aliphatic heterocycles. The number of nitrogens with zero attached hydrogens (tertiary/aromatic N) is 6. The summed E-state index contributed by atoms with van der Waals surface area (Å²) in [6.07, 6.45) is 0. The second-order valence-corrected chi connectivity index (χ2v) is 43.9. The molecule has 10 heteroatoms. The number of hydrogen-bond donors (Lipinski definition) is 0. The molecule has 0 saturated heterocycles. The standard InChI is InChI=1S/C29H25NO.C29H25N.C22H22N2.C22H22NOP.C16H17NSe.5C2H6/c1-28(2,3)30-24-16-8-4-12-20(24)29(21-13-5-9-17-25(21)30)22-14-6-10-18-26(22)31-27-19-11-7-15-23(27)29;1-28(2,3)30-26-18-10-8-16-24(26)29(25-17-9-11-19-27(25)30)22-14-6-4-12-20(22)21-13-5-7-15-23(21)29;1-22(2,3)24-20-15-9-7-13-18(20)23(17-11-5-4-6-12-17)19-14-8-10-16-21(19)24;1-22(2,3)23-18-13-7-9-15-20(18)25(24,17-11-5-4-6-12-17)21-16-10-8-14-19(21)23;1-16(2,3)17-12-8-4-6-10-14(12)18-15-11-7-5-9-13(15)17;5*1-2/h4-19H,1-3H3;4-19H,1-3H3;4-16H,1-3H3;4-16H,1-3H3;4-11H,1-3H3;5*1-2H3. The fourth-order valence-corrected chi connectivity index (χ4v) is 26.2. The van der Waals surface area contributed by atoms with E-state index in [4.69, 9.17) is 4.74 Å². The van der Waals surface area contributed by atoms with Crippen LogP contribution < -0.4 is 59.0 Å². The van der Waals surface area contributed by atoms with Crippen LogP contribution in [0.5, 0.6) is 11.5 Å². The first-order chi connectivity index (χ1) is 66.6. The van der Waals surface area contributed by atoms with Crippen LogP contribution in [0.3, 0.4) is 0 Å². The van der Waals surface area contributed by atoms with Crippen molar-refractivity contribution in [1.82, 2.24) is 0 Å². The molecule has 0 bridgehead atoms. The number of anilines is 13. The zero-order valence-electron chi connectivity index (χ0n) is 86.0. The van der Waals surface area contributed by atoms with E-state index in [0.29, 0.717) is 15.0 Å². The first kappa shape index (κ1) is 101. The maximum absolute atomic E-state index is 14.5. The number of ether oxygens (including phenoxy) is 1. The van der Waals surface area contributed by atoms with Crippen molar-refractivity contribution in [3.8, 4) is 22.6 Å². The van der Waals surface area contributed by atoms with Gasteiger partial charge in [-0.25, -0.2) is 0 Å². The van der Waals surface area contributed by atoms with E-state index in [9.17, 15) is 4.57 Å². The Morgan fingerprint density at radius 1 is 0.217 bits per heavy atom. The molecule has 0 saturated carbocycles. The zero-order valence-corrected chi connectivity index (χ0v) is 88.6. The molecule has 0 aromatic heterocycles. The molecular weight excluding hydrogens is 1760 g/mol. The zero-order chi connectivity index (χ0) is 98.9. The second-order valence-electron chi connectivity index (χ2n) is 38.9. The van der Waals surface area contributed by atoms with Gasteiger partial charge in [0.1, 0.15) is 11.5 Å². The molecule has 23 rings (SSSR count). The minimum absolute atomic E-state index is 0.00498. The second kappa shape index (κ2) is 42.1. The Labute approximate surface area is 832 Å². The third-order valence-corrected chi connectivity index (χ3v) is 31.0. The molecule has 7 aliphatic rings. The van der Waals surface area contributed by atoms with Crippen LogP contribution in [0.4, 0.5) is 73.9 Å². The van der Waals surface area contributed by atoms with E-state index in [-0.39, 0.29) is 33.1 Å². The van der Waals surface area contributed by atoms with Gasteiger partial charge in [0.15, 0.2) is 7.14 Å². The van der Waals surface area contributed by atoms with Gasteiger partial charge >= 0.3 is 115 Å². The molecular formula is C128H141N6O2PSe. The summed E-state index contributed by atoms with van der Waals surface area (Å²) in [5.74, 6) is 1.85. The van der Waals surface area contributed by atoms with Gasteiger partial charge in [-0.15, -0.1) is 0 Å². The molecule has 138 heavy (non-hydrogen) atoms. The summed E-state index contributed by atoms with van der Waals surface area (Å²) in [6, 6.07) is 142. The van der Waals surface area contributed by atoms with Crippen LogP contribution in [-0.2, 0) is 15.4 Å². The van der Waals surface area contributed by atoms with Gasteiger partial charge in [0.2, 0.25) is 0 Å². The summed E-state index contributed by atoms with van der Waals surface area (Å²) in [5, 5.41) is 2.74. The van der Waals surface area contributed by atoms with Crippen molar-refractivity contribution in [2.24, 2.45) is 0 Å². The molecule has 16 aromatic carbocycles. The molecule has 0 fully saturated rings. The summed E-state index contributed by atoms with van der Waals surface area (Å²) in [6.45, 7) is 53.9. The fraction of sp³-hybridized carbons (Fsp3) is 0.250. The summed E-state index contributed by atoms with van der Waals surface area (Å²) < 4.78 is 23.9. The van der Waals surface area contributed by atoms with Crippen LogP contribution in [0.15, 0.2) is 400 Å². The molecule has 16 aromatic rings. The molecule has 1 aliphatic carbocycles. The predicted octanol–water partition coefficient (Wildman–Crippen LogP) is 33.4. The molecule has 2 spiro atoms. The molecule has 8 nitrogen and oxygen atoms in total. The third-order valence-electron chi connectivity index (χ3n) is 25.5. The summed E-state index contributed by atoms with van der Waals surface area (Å²) in [7, 11) is -2.89. The Balaban J connectivity index is 0.000000136. The number of benzene rings is 16. The van der Waals surface area contributed by atoms with Crippen molar-refractivity contribution in [3.05, 3.63) is 445 Å². The van der Waals surface area contributed by atoms with Gasteiger partial charge in [0.25, 0.3) is 0 Å². The Hall–Kier alpha value is -13.1. The van der Waals surface area contributed by atoms with Crippen molar-refractivity contribution in [3.63, 3.8) is 0 Å². The number of hydrogen-bond acceptors (Lipinski definition) is 8. The van der Waals surface area contributed by atoms with E-state index in [2.05, 4.69) is 467 Å². The fourth-order valence-electron chi connectivity index (χ4n) is 21.0. The number of fused-ring (bicyclic) bond motifs is 23. The van der Waals surface area contributed by atoms with Crippen LogP contribution in [0.25, 0.3) is 11.1 Å². The van der Waals surface area contributed by atoms with Gasteiger partial charge < -0.3 is 33.8 Å². The summed E-state index contributed by atoms with van der Waals surface area (Å²) >= 11 is 0.426. The van der Waals surface area contributed by atoms with E-state index >= 15 is 0 Å². The number of rotatable bonds is 2. The Morgan fingerprint density at radius 3 is 0.783 bits per heavy atom. The normalized spacial score (nSPS) is 14.0. The van der Waals surface area contributed by atoms with Crippen LogP contribution in [0.2, 0.25) is 0 Å². The number of para-hydroxylation sites is 15. The quantitative estimate of drug-likeness (QED) is 0.125. The molecule has 706 valence electrons. The maximum atomic E-state index is 14.5. The van der Waals surface area contributed by atoms with Crippen molar-refractivity contribution in [2.75, 3.05) is 29.4 Å². The Morgan fingerprint density at radius 2 is 0.442 bits per heavy atom. The molecule has 0 N–H and O–H groups in total. The Bertz CT molecular complexity index is 6590. The van der Waals surface area contributed by atoms with Gasteiger partial charge in [0, 0.05) is 77.6 Å². The van der Waals surface area contributed by atoms with Crippen molar-refractivity contribution in [2.45, 2.75) is 212 Å². The summed E-state index contributed by atoms with van der Waals surface area (Å²) in [5.41, 5.74) is 28.4.